The summed E-state index contributed by atoms with van der Waals surface area (Å²) < 4.78 is 1.92. The number of aryl methyl sites for hydroxylation is 2. The van der Waals surface area contributed by atoms with Crippen LogP contribution in [0.1, 0.15) is 27.4 Å². The van der Waals surface area contributed by atoms with Gasteiger partial charge in [0.25, 0.3) is 5.91 Å². The van der Waals surface area contributed by atoms with Crippen LogP contribution in [0.2, 0.25) is 0 Å². The summed E-state index contributed by atoms with van der Waals surface area (Å²) in [5, 5.41) is 5.50. The van der Waals surface area contributed by atoms with Gasteiger partial charge >= 0.3 is 0 Å². The first-order valence-corrected chi connectivity index (χ1v) is 9.85. The molecule has 0 spiro atoms. The van der Waals surface area contributed by atoms with E-state index in [0.717, 1.165) is 29.8 Å². The normalized spacial score (nSPS) is 10.7. The van der Waals surface area contributed by atoms with Crippen LogP contribution < -0.4 is 5.32 Å². The summed E-state index contributed by atoms with van der Waals surface area (Å²) in [7, 11) is 0. The number of hydrogen-bond donors (Lipinski definition) is 1. The topological polar surface area (TPSA) is 72.7 Å². The van der Waals surface area contributed by atoms with Crippen LogP contribution in [0.5, 0.6) is 0 Å². The number of anilines is 1. The maximum Gasteiger partial charge on any atom is 0.274 e. The Morgan fingerprint density at radius 1 is 1.00 bits per heavy atom. The van der Waals surface area contributed by atoms with E-state index >= 15 is 0 Å². The zero-order valence-electron chi connectivity index (χ0n) is 15.2. The first kappa shape index (κ1) is 18.1. The molecule has 1 amide bonds. The Morgan fingerprint density at radius 2 is 1.86 bits per heavy atom. The van der Waals surface area contributed by atoms with Gasteiger partial charge in [-0.3, -0.25) is 20.1 Å². The summed E-state index contributed by atoms with van der Waals surface area (Å²) in [6, 6.07) is 13.5. The van der Waals surface area contributed by atoms with Crippen LogP contribution in [0.15, 0.2) is 72.6 Å². The molecule has 140 valence electrons. The number of carbonyl (C=O) groups is 1. The van der Waals surface area contributed by atoms with E-state index in [1.165, 1.54) is 11.3 Å². The van der Waals surface area contributed by atoms with Crippen molar-refractivity contribution in [1.29, 1.82) is 0 Å². The average Bonchev–Trinajstić information content (AvgIpc) is 3.37. The molecule has 6 nitrogen and oxygen atoms in total. The van der Waals surface area contributed by atoms with Gasteiger partial charge in [-0.25, -0.2) is 4.98 Å². The number of carbonyl (C=O) groups excluding carboxylic acids is 1. The van der Waals surface area contributed by atoms with Gasteiger partial charge in [-0.05, 0) is 54.8 Å². The van der Waals surface area contributed by atoms with Crippen LogP contribution in [-0.2, 0) is 19.4 Å². The van der Waals surface area contributed by atoms with Crippen molar-refractivity contribution in [2.24, 2.45) is 0 Å². The van der Waals surface area contributed by atoms with Gasteiger partial charge in [-0.1, -0.05) is 6.07 Å². The second kappa shape index (κ2) is 8.58. The van der Waals surface area contributed by atoms with Gasteiger partial charge in [0.2, 0.25) is 0 Å². The standard InChI is InChI=1S/C21H19N5OS/c27-20(19-5-3-13-26(19)14-16-8-11-22-12-9-16)25-21-24-18(15-28-21)7-6-17-4-1-2-10-23-17/h1-5,8-13,15H,6-7,14H2,(H,24,25,27). The van der Waals surface area contributed by atoms with E-state index in [-0.39, 0.29) is 5.91 Å². The number of nitrogens with one attached hydrogen (secondary N) is 1. The van der Waals surface area contributed by atoms with E-state index in [1.54, 1.807) is 18.6 Å². The first-order valence-electron chi connectivity index (χ1n) is 8.97. The molecule has 28 heavy (non-hydrogen) atoms. The molecule has 4 heterocycles. The predicted molar refractivity (Wildman–Crippen MR) is 109 cm³/mol. The maximum absolute atomic E-state index is 12.7. The van der Waals surface area contributed by atoms with Crippen molar-refractivity contribution in [1.82, 2.24) is 19.5 Å². The minimum absolute atomic E-state index is 0.162. The molecule has 0 unspecified atom stereocenters. The number of thiazole rings is 1. The van der Waals surface area contributed by atoms with E-state index in [2.05, 4.69) is 20.3 Å². The molecular weight excluding hydrogens is 370 g/mol. The molecule has 0 atom stereocenters. The molecule has 4 rings (SSSR count). The summed E-state index contributed by atoms with van der Waals surface area (Å²) in [5.74, 6) is -0.162. The quantitative estimate of drug-likeness (QED) is 0.521. The fourth-order valence-corrected chi connectivity index (χ4v) is 3.63. The molecule has 4 aromatic rings. The summed E-state index contributed by atoms with van der Waals surface area (Å²) >= 11 is 1.44. The van der Waals surface area contributed by atoms with E-state index < -0.39 is 0 Å². The molecule has 0 aromatic carbocycles. The lowest BCUT2D eigenvalue weighted by molar-refractivity contribution is 0.101. The summed E-state index contributed by atoms with van der Waals surface area (Å²) in [4.78, 5) is 25.6. The van der Waals surface area contributed by atoms with Crippen LogP contribution in [-0.4, -0.2) is 25.4 Å². The number of pyridine rings is 2. The molecule has 0 aliphatic rings. The summed E-state index contributed by atoms with van der Waals surface area (Å²) in [6.45, 7) is 0.617. The van der Waals surface area contributed by atoms with Crippen molar-refractivity contribution in [3.05, 3.63) is 95.3 Å². The third-order valence-corrected chi connectivity index (χ3v) is 5.11. The zero-order valence-corrected chi connectivity index (χ0v) is 16.0. The fourth-order valence-electron chi connectivity index (χ4n) is 2.89. The number of aromatic nitrogens is 4. The molecule has 0 aliphatic heterocycles. The highest BCUT2D eigenvalue weighted by Gasteiger charge is 2.13. The molecule has 0 radical (unpaired) electrons. The van der Waals surface area contributed by atoms with E-state index in [1.807, 2.05) is 58.6 Å². The van der Waals surface area contributed by atoms with Crippen molar-refractivity contribution in [3.63, 3.8) is 0 Å². The van der Waals surface area contributed by atoms with Crippen molar-refractivity contribution < 1.29 is 4.79 Å². The molecule has 0 bridgehead atoms. The lowest BCUT2D eigenvalue weighted by Crippen LogP contribution is -2.17. The Kier molecular flexibility index (Phi) is 5.53. The van der Waals surface area contributed by atoms with E-state index in [0.29, 0.717) is 17.4 Å². The number of amides is 1. The minimum Gasteiger partial charge on any atom is -0.339 e. The molecular formula is C21H19N5OS. The molecule has 0 fully saturated rings. The summed E-state index contributed by atoms with van der Waals surface area (Å²) in [6.07, 6.45) is 8.81. The zero-order chi connectivity index (χ0) is 19.2. The molecule has 0 aliphatic carbocycles. The van der Waals surface area contributed by atoms with Crippen molar-refractivity contribution >= 4 is 22.4 Å². The predicted octanol–water partition coefficient (Wildman–Crippen LogP) is 3.82. The highest BCUT2D eigenvalue weighted by Crippen LogP contribution is 2.18. The van der Waals surface area contributed by atoms with Gasteiger partial charge in [0.1, 0.15) is 5.69 Å². The third-order valence-electron chi connectivity index (χ3n) is 4.30. The fraction of sp³-hybridized carbons (Fsp3) is 0.143. The van der Waals surface area contributed by atoms with Gasteiger partial charge in [0, 0.05) is 42.4 Å². The molecule has 7 heteroatoms. The highest BCUT2D eigenvalue weighted by atomic mass is 32.1. The highest BCUT2D eigenvalue weighted by molar-refractivity contribution is 7.13. The van der Waals surface area contributed by atoms with Gasteiger partial charge < -0.3 is 4.57 Å². The number of hydrogen-bond acceptors (Lipinski definition) is 5. The van der Waals surface area contributed by atoms with Crippen LogP contribution >= 0.6 is 11.3 Å². The lowest BCUT2D eigenvalue weighted by atomic mass is 10.2. The van der Waals surface area contributed by atoms with E-state index in [9.17, 15) is 4.79 Å². The van der Waals surface area contributed by atoms with Gasteiger partial charge in [0.15, 0.2) is 5.13 Å². The van der Waals surface area contributed by atoms with Crippen LogP contribution in [0.3, 0.4) is 0 Å². The molecule has 1 N–H and O–H groups in total. The smallest absolute Gasteiger partial charge is 0.274 e. The van der Waals surface area contributed by atoms with E-state index in [4.69, 9.17) is 0 Å². The molecule has 0 saturated carbocycles. The second-order valence-electron chi connectivity index (χ2n) is 6.30. The monoisotopic (exact) mass is 389 g/mol. The van der Waals surface area contributed by atoms with Crippen molar-refractivity contribution in [3.8, 4) is 0 Å². The van der Waals surface area contributed by atoms with Gasteiger partial charge in [0.05, 0.1) is 5.69 Å². The average molecular weight is 389 g/mol. The lowest BCUT2D eigenvalue weighted by Gasteiger charge is -2.08. The van der Waals surface area contributed by atoms with Gasteiger partial charge in [-0.15, -0.1) is 11.3 Å². The summed E-state index contributed by atoms with van der Waals surface area (Å²) in [5.41, 5.74) is 3.68. The Balaban J connectivity index is 1.38. The van der Waals surface area contributed by atoms with Crippen LogP contribution in [0.25, 0.3) is 0 Å². The maximum atomic E-state index is 12.7. The molecule has 0 saturated heterocycles. The SMILES string of the molecule is O=C(Nc1nc(CCc2ccccn2)cs1)c1cccn1Cc1ccncc1. The van der Waals surface area contributed by atoms with Gasteiger partial charge in [-0.2, -0.15) is 0 Å². The minimum atomic E-state index is -0.162. The Morgan fingerprint density at radius 3 is 2.68 bits per heavy atom. The van der Waals surface area contributed by atoms with Crippen LogP contribution in [0.4, 0.5) is 5.13 Å². The third kappa shape index (κ3) is 4.50. The Labute approximate surface area is 166 Å². The van der Waals surface area contributed by atoms with Crippen LogP contribution in [0, 0.1) is 0 Å². The van der Waals surface area contributed by atoms with Crippen molar-refractivity contribution in [2.75, 3.05) is 5.32 Å². The Hall–Kier alpha value is -3.32. The number of rotatable bonds is 7. The van der Waals surface area contributed by atoms with Crippen molar-refractivity contribution in [2.45, 2.75) is 19.4 Å². The molecule has 4 aromatic heterocycles. The second-order valence-corrected chi connectivity index (χ2v) is 7.15. The number of nitrogens with zero attached hydrogens (tertiary/aromatic N) is 4. The Bertz CT molecular complexity index is 1040. The first-order chi connectivity index (χ1) is 13.8. The largest absolute Gasteiger partial charge is 0.339 e.